The molecule has 3 rings (SSSR count). The second-order valence-corrected chi connectivity index (χ2v) is 5.99. The number of amides is 2. The van der Waals surface area contributed by atoms with Gasteiger partial charge in [-0.2, -0.15) is 0 Å². The molecule has 1 aromatic carbocycles. The van der Waals surface area contributed by atoms with Crippen LogP contribution < -0.4 is 11.1 Å². The van der Waals surface area contributed by atoms with Gasteiger partial charge >= 0.3 is 0 Å². The number of likely N-dealkylation sites (tertiary alicyclic amines) is 1. The molecule has 0 aliphatic carbocycles. The maximum Gasteiger partial charge on any atom is 0.240 e. The molecule has 3 atom stereocenters. The molecular formula is C16H21N3O2. The minimum absolute atomic E-state index is 0.0470. The van der Waals surface area contributed by atoms with E-state index in [-0.39, 0.29) is 17.9 Å². The average molecular weight is 287 g/mol. The third-order valence-corrected chi connectivity index (χ3v) is 4.63. The van der Waals surface area contributed by atoms with E-state index in [0.29, 0.717) is 19.4 Å². The first-order valence-corrected chi connectivity index (χ1v) is 7.52. The van der Waals surface area contributed by atoms with Crippen LogP contribution in [0, 0.1) is 5.92 Å². The molecule has 5 heteroatoms. The number of hydrogen-bond acceptors (Lipinski definition) is 3. The zero-order valence-electron chi connectivity index (χ0n) is 12.2. The van der Waals surface area contributed by atoms with Gasteiger partial charge in [0.25, 0.3) is 0 Å². The summed E-state index contributed by atoms with van der Waals surface area (Å²) in [6.45, 7) is 2.66. The summed E-state index contributed by atoms with van der Waals surface area (Å²) in [6.07, 6.45) is 2.25. The summed E-state index contributed by atoms with van der Waals surface area (Å²) in [4.78, 5) is 26.0. The van der Waals surface area contributed by atoms with Crippen molar-refractivity contribution >= 4 is 17.5 Å². The van der Waals surface area contributed by atoms with Crippen molar-refractivity contribution in [2.24, 2.45) is 11.7 Å². The maximum atomic E-state index is 12.8. The molecule has 3 unspecified atom stereocenters. The van der Waals surface area contributed by atoms with Crippen LogP contribution in [-0.4, -0.2) is 35.3 Å². The summed E-state index contributed by atoms with van der Waals surface area (Å²) in [5.41, 5.74) is 7.67. The van der Waals surface area contributed by atoms with Crippen LogP contribution in [0.4, 0.5) is 5.69 Å². The number of anilines is 1. The van der Waals surface area contributed by atoms with Gasteiger partial charge < -0.3 is 16.0 Å². The van der Waals surface area contributed by atoms with E-state index in [4.69, 9.17) is 5.73 Å². The minimum Gasteiger partial charge on any atom is -0.382 e. The van der Waals surface area contributed by atoms with Crippen LogP contribution >= 0.6 is 0 Å². The van der Waals surface area contributed by atoms with Crippen LogP contribution in [0.3, 0.4) is 0 Å². The minimum atomic E-state index is -0.429. The van der Waals surface area contributed by atoms with Crippen LogP contribution in [0.1, 0.15) is 25.3 Å². The van der Waals surface area contributed by atoms with Gasteiger partial charge in [0.2, 0.25) is 11.8 Å². The molecule has 2 heterocycles. The molecule has 0 saturated carbocycles. The fraction of sp³-hybridized carbons (Fsp3) is 0.500. The Balaban J connectivity index is 1.81. The number of fused-ring (bicyclic) bond motifs is 1. The number of carbonyl (C=O) groups is 2. The lowest BCUT2D eigenvalue weighted by molar-refractivity contribution is -0.141. The van der Waals surface area contributed by atoms with E-state index >= 15 is 0 Å². The van der Waals surface area contributed by atoms with Crippen molar-refractivity contribution in [3.63, 3.8) is 0 Å². The highest BCUT2D eigenvalue weighted by atomic mass is 16.2. The second kappa shape index (κ2) is 5.39. The van der Waals surface area contributed by atoms with E-state index in [1.165, 1.54) is 0 Å². The van der Waals surface area contributed by atoms with E-state index in [1.807, 2.05) is 31.2 Å². The predicted molar refractivity (Wildman–Crippen MR) is 80.7 cm³/mol. The van der Waals surface area contributed by atoms with Crippen molar-refractivity contribution in [3.8, 4) is 0 Å². The summed E-state index contributed by atoms with van der Waals surface area (Å²) in [5, 5.41) is 3.39. The Morgan fingerprint density at radius 2 is 2.10 bits per heavy atom. The van der Waals surface area contributed by atoms with E-state index in [9.17, 15) is 9.59 Å². The highest BCUT2D eigenvalue weighted by Crippen LogP contribution is 2.31. The number of nitrogens with one attached hydrogen (secondary N) is 1. The van der Waals surface area contributed by atoms with Crippen molar-refractivity contribution in [2.45, 2.75) is 38.3 Å². The van der Waals surface area contributed by atoms with Gasteiger partial charge in [0.15, 0.2) is 0 Å². The molecule has 112 valence electrons. The number of nitrogens with zero attached hydrogens (tertiary/aromatic N) is 1. The normalized spacial score (nSPS) is 27.9. The third-order valence-electron chi connectivity index (χ3n) is 4.63. The highest BCUT2D eigenvalue weighted by Gasteiger charge is 2.39. The summed E-state index contributed by atoms with van der Waals surface area (Å²) < 4.78 is 0. The Morgan fingerprint density at radius 1 is 1.33 bits per heavy atom. The quantitative estimate of drug-likeness (QED) is 0.856. The molecule has 2 aliphatic heterocycles. The molecule has 0 aromatic heterocycles. The van der Waals surface area contributed by atoms with Gasteiger partial charge in [-0.25, -0.2) is 0 Å². The lowest BCUT2D eigenvalue weighted by Gasteiger charge is -2.35. The Bertz CT molecular complexity index is 572. The second-order valence-electron chi connectivity index (χ2n) is 5.99. The number of nitrogens with two attached hydrogens (primary N) is 1. The topological polar surface area (TPSA) is 75.4 Å². The molecule has 5 nitrogen and oxygen atoms in total. The van der Waals surface area contributed by atoms with Gasteiger partial charge in [-0.3, -0.25) is 9.59 Å². The standard InChI is InChI=1S/C16H21N3O2/c1-10-12(9-11-5-2-3-6-13(11)18-10)16(21)19-8-4-7-14(19)15(17)20/h2-3,5-6,10,12,14,18H,4,7-9H2,1H3,(H2,17,20). The molecule has 1 aromatic rings. The van der Waals surface area contributed by atoms with Crippen molar-refractivity contribution in [3.05, 3.63) is 29.8 Å². The Hall–Kier alpha value is -2.04. The smallest absolute Gasteiger partial charge is 0.240 e. The van der Waals surface area contributed by atoms with Crippen LogP contribution in [0.5, 0.6) is 0 Å². The molecule has 3 N–H and O–H groups in total. The fourth-order valence-corrected chi connectivity index (χ4v) is 3.44. The number of primary amides is 1. The summed E-state index contributed by atoms with van der Waals surface area (Å²) in [7, 11) is 0. The number of carbonyl (C=O) groups excluding carboxylic acids is 2. The van der Waals surface area contributed by atoms with E-state index < -0.39 is 11.9 Å². The van der Waals surface area contributed by atoms with Crippen LogP contribution in [0.2, 0.25) is 0 Å². The third kappa shape index (κ3) is 2.48. The molecule has 0 radical (unpaired) electrons. The zero-order valence-corrected chi connectivity index (χ0v) is 12.2. The molecule has 1 fully saturated rings. The monoisotopic (exact) mass is 287 g/mol. The molecule has 21 heavy (non-hydrogen) atoms. The van der Waals surface area contributed by atoms with Gasteiger partial charge in [0.1, 0.15) is 6.04 Å². The lowest BCUT2D eigenvalue weighted by atomic mass is 9.87. The molecule has 2 aliphatic rings. The van der Waals surface area contributed by atoms with Gasteiger partial charge in [-0.1, -0.05) is 18.2 Å². The fourth-order valence-electron chi connectivity index (χ4n) is 3.44. The van der Waals surface area contributed by atoms with Gasteiger partial charge in [0, 0.05) is 18.3 Å². The van der Waals surface area contributed by atoms with Crippen molar-refractivity contribution in [1.82, 2.24) is 4.90 Å². The number of hydrogen-bond donors (Lipinski definition) is 2. The van der Waals surface area contributed by atoms with Crippen molar-refractivity contribution < 1.29 is 9.59 Å². The van der Waals surface area contributed by atoms with Crippen molar-refractivity contribution in [2.75, 3.05) is 11.9 Å². The average Bonchev–Trinajstić information content (AvgIpc) is 2.95. The summed E-state index contributed by atoms with van der Waals surface area (Å²) in [5.74, 6) is -0.483. The van der Waals surface area contributed by atoms with E-state index in [2.05, 4.69) is 5.32 Å². The number of rotatable bonds is 2. The van der Waals surface area contributed by atoms with Crippen LogP contribution in [0.15, 0.2) is 24.3 Å². The number of para-hydroxylation sites is 1. The first kappa shape index (κ1) is 13.9. The van der Waals surface area contributed by atoms with Crippen LogP contribution in [0.25, 0.3) is 0 Å². The first-order chi connectivity index (χ1) is 10.1. The molecular weight excluding hydrogens is 266 g/mol. The van der Waals surface area contributed by atoms with Gasteiger partial charge in [-0.15, -0.1) is 0 Å². The van der Waals surface area contributed by atoms with Crippen LogP contribution in [-0.2, 0) is 16.0 Å². The van der Waals surface area contributed by atoms with Gasteiger partial charge in [0.05, 0.1) is 5.92 Å². The lowest BCUT2D eigenvalue weighted by Crippen LogP contribution is -2.50. The van der Waals surface area contributed by atoms with E-state index in [0.717, 1.165) is 17.7 Å². The molecule has 0 spiro atoms. The van der Waals surface area contributed by atoms with E-state index in [1.54, 1.807) is 4.90 Å². The SMILES string of the molecule is CC1Nc2ccccc2CC1C(=O)N1CCCC1C(N)=O. The predicted octanol–water partition coefficient (Wildman–Crippen LogP) is 1.14. The molecule has 0 bridgehead atoms. The highest BCUT2D eigenvalue weighted by molar-refractivity contribution is 5.89. The Labute approximate surface area is 124 Å². The Kier molecular flexibility index (Phi) is 3.57. The Morgan fingerprint density at radius 3 is 2.86 bits per heavy atom. The summed E-state index contributed by atoms with van der Waals surface area (Å²) >= 11 is 0. The van der Waals surface area contributed by atoms with Crippen molar-refractivity contribution in [1.29, 1.82) is 0 Å². The maximum absolute atomic E-state index is 12.8. The number of benzene rings is 1. The first-order valence-electron chi connectivity index (χ1n) is 7.52. The van der Waals surface area contributed by atoms with Gasteiger partial charge in [-0.05, 0) is 37.8 Å². The zero-order chi connectivity index (χ0) is 15.0. The molecule has 1 saturated heterocycles. The summed E-state index contributed by atoms with van der Waals surface area (Å²) in [6, 6.07) is 7.69. The molecule has 2 amide bonds. The largest absolute Gasteiger partial charge is 0.382 e.